The van der Waals surface area contributed by atoms with E-state index in [1.54, 1.807) is 6.33 Å². The van der Waals surface area contributed by atoms with Gasteiger partial charge in [-0.2, -0.15) is 9.97 Å². The van der Waals surface area contributed by atoms with Crippen molar-refractivity contribution < 1.29 is 0 Å². The van der Waals surface area contributed by atoms with E-state index in [4.69, 9.17) is 5.73 Å². The van der Waals surface area contributed by atoms with Crippen molar-refractivity contribution in [1.29, 1.82) is 0 Å². The van der Waals surface area contributed by atoms with E-state index in [0.29, 0.717) is 5.65 Å². The van der Waals surface area contributed by atoms with E-state index >= 15 is 0 Å². The summed E-state index contributed by atoms with van der Waals surface area (Å²) < 4.78 is 0. The minimum atomic E-state index is 0.263. The van der Waals surface area contributed by atoms with Gasteiger partial charge in [0.1, 0.15) is 5.52 Å². The van der Waals surface area contributed by atoms with Crippen LogP contribution in [0.5, 0.6) is 0 Å². The Kier molecular flexibility index (Phi) is 3.23. The first kappa shape index (κ1) is 12.2. The van der Waals surface area contributed by atoms with Gasteiger partial charge in [-0.3, -0.25) is 0 Å². The summed E-state index contributed by atoms with van der Waals surface area (Å²) in [6.07, 6.45) is 6.90. The first-order valence-electron chi connectivity index (χ1n) is 6.93. The van der Waals surface area contributed by atoms with E-state index in [2.05, 4.69) is 32.2 Å². The van der Waals surface area contributed by atoms with Gasteiger partial charge in [0.15, 0.2) is 11.5 Å². The minimum absolute atomic E-state index is 0.263. The third-order valence-corrected chi connectivity index (χ3v) is 3.91. The van der Waals surface area contributed by atoms with Gasteiger partial charge in [0.05, 0.1) is 6.33 Å². The van der Waals surface area contributed by atoms with Gasteiger partial charge in [-0.15, -0.1) is 0 Å². The van der Waals surface area contributed by atoms with Crippen molar-refractivity contribution in [2.24, 2.45) is 11.8 Å². The van der Waals surface area contributed by atoms with Gasteiger partial charge in [0.2, 0.25) is 5.95 Å². The largest absolute Gasteiger partial charge is 0.368 e. The van der Waals surface area contributed by atoms with Crippen LogP contribution in [-0.4, -0.2) is 26.5 Å². The summed E-state index contributed by atoms with van der Waals surface area (Å²) in [7, 11) is 0. The number of nitrogens with zero attached hydrogens (tertiary/aromatic N) is 3. The highest BCUT2D eigenvalue weighted by Gasteiger charge is 2.19. The molecule has 3 rings (SSSR count). The molecule has 1 fully saturated rings. The molecule has 0 aromatic carbocycles. The molecule has 0 aliphatic heterocycles. The predicted molar refractivity (Wildman–Crippen MR) is 75.7 cm³/mol. The molecule has 1 aliphatic rings. The van der Waals surface area contributed by atoms with Crippen LogP contribution in [0.2, 0.25) is 0 Å². The summed E-state index contributed by atoms with van der Waals surface area (Å²) in [5.74, 6) is 2.58. The van der Waals surface area contributed by atoms with Gasteiger partial charge in [0.25, 0.3) is 0 Å². The Morgan fingerprint density at radius 3 is 3.16 bits per heavy atom. The molecule has 6 heteroatoms. The number of nitrogen functional groups attached to an aromatic ring is 1. The van der Waals surface area contributed by atoms with Crippen LogP contribution in [0.15, 0.2) is 6.33 Å². The monoisotopic (exact) mass is 260 g/mol. The normalized spacial score (nSPS) is 23.6. The first-order valence-corrected chi connectivity index (χ1v) is 6.93. The molecule has 2 aromatic heterocycles. The van der Waals surface area contributed by atoms with Crippen LogP contribution in [0.4, 0.5) is 11.8 Å². The second-order valence-electron chi connectivity index (χ2n) is 5.55. The van der Waals surface area contributed by atoms with Crippen LogP contribution < -0.4 is 11.1 Å². The van der Waals surface area contributed by atoms with Gasteiger partial charge in [-0.1, -0.05) is 19.8 Å². The van der Waals surface area contributed by atoms with E-state index in [9.17, 15) is 0 Å². The minimum Gasteiger partial charge on any atom is -0.368 e. The van der Waals surface area contributed by atoms with Gasteiger partial charge in [0, 0.05) is 6.54 Å². The van der Waals surface area contributed by atoms with Crippen molar-refractivity contribution in [2.75, 3.05) is 17.6 Å². The number of hydrogen-bond donors (Lipinski definition) is 3. The van der Waals surface area contributed by atoms with Crippen molar-refractivity contribution in [3.63, 3.8) is 0 Å². The summed E-state index contributed by atoms with van der Waals surface area (Å²) >= 11 is 0. The predicted octanol–water partition coefficient (Wildman–Crippen LogP) is 2.17. The lowest BCUT2D eigenvalue weighted by molar-refractivity contribution is 0.293. The van der Waals surface area contributed by atoms with Crippen molar-refractivity contribution in [1.82, 2.24) is 19.9 Å². The number of aromatic nitrogens is 4. The van der Waals surface area contributed by atoms with Crippen LogP contribution >= 0.6 is 0 Å². The molecule has 4 N–H and O–H groups in total. The average molecular weight is 260 g/mol. The molecule has 2 aromatic rings. The topological polar surface area (TPSA) is 92.5 Å². The molecule has 0 amide bonds. The van der Waals surface area contributed by atoms with Crippen LogP contribution in [0.1, 0.15) is 32.6 Å². The Morgan fingerprint density at radius 2 is 2.32 bits per heavy atom. The second-order valence-corrected chi connectivity index (χ2v) is 5.55. The summed E-state index contributed by atoms with van der Waals surface area (Å²) in [5, 5.41) is 3.40. The highest BCUT2D eigenvalue weighted by atomic mass is 15.1. The number of nitrogens with two attached hydrogens (primary N) is 1. The lowest BCUT2D eigenvalue weighted by Gasteiger charge is -2.26. The number of hydrogen-bond acceptors (Lipinski definition) is 5. The number of rotatable bonds is 3. The molecular formula is C13H20N6. The number of aromatic amines is 1. The third-order valence-electron chi connectivity index (χ3n) is 3.91. The maximum absolute atomic E-state index is 5.70. The van der Waals surface area contributed by atoms with Gasteiger partial charge < -0.3 is 16.0 Å². The fourth-order valence-corrected chi connectivity index (χ4v) is 2.96. The molecule has 102 valence electrons. The molecule has 6 nitrogen and oxygen atoms in total. The van der Waals surface area contributed by atoms with Crippen molar-refractivity contribution in [3.8, 4) is 0 Å². The maximum Gasteiger partial charge on any atom is 0.224 e. The third kappa shape index (κ3) is 2.62. The standard InChI is InChI=1S/C13H20N6/c1-8-3-2-4-9(5-8)6-15-11-10-12(17-7-16-10)19-13(14)18-11/h7-9H,2-6H2,1H3,(H4,14,15,16,17,18,19). The number of imidazole rings is 1. The summed E-state index contributed by atoms with van der Waals surface area (Å²) in [6, 6.07) is 0. The Morgan fingerprint density at radius 1 is 1.42 bits per heavy atom. The zero-order valence-corrected chi connectivity index (χ0v) is 11.2. The molecular weight excluding hydrogens is 240 g/mol. The Bertz CT molecular complexity index is 563. The van der Waals surface area contributed by atoms with Gasteiger partial charge >= 0.3 is 0 Å². The fraction of sp³-hybridized carbons (Fsp3) is 0.615. The molecule has 0 spiro atoms. The first-order chi connectivity index (χ1) is 9.22. The SMILES string of the molecule is CC1CCCC(CNc2nc(N)nc3nc[nH]c23)C1. The summed E-state index contributed by atoms with van der Waals surface area (Å²) in [4.78, 5) is 15.5. The molecule has 1 saturated carbocycles. The second kappa shape index (κ2) is 5.03. The van der Waals surface area contributed by atoms with Crippen molar-refractivity contribution in [2.45, 2.75) is 32.6 Å². The molecule has 2 atom stereocenters. The summed E-state index contributed by atoms with van der Waals surface area (Å²) in [6.45, 7) is 3.27. The molecule has 19 heavy (non-hydrogen) atoms. The molecule has 1 aliphatic carbocycles. The van der Waals surface area contributed by atoms with Crippen LogP contribution in [0.25, 0.3) is 11.2 Å². The van der Waals surface area contributed by atoms with Crippen LogP contribution in [-0.2, 0) is 0 Å². The number of H-pyrrole nitrogens is 1. The van der Waals surface area contributed by atoms with Crippen molar-refractivity contribution >= 4 is 22.9 Å². The lowest BCUT2D eigenvalue weighted by atomic mass is 9.82. The molecule has 0 saturated heterocycles. The van der Waals surface area contributed by atoms with E-state index in [1.165, 1.54) is 25.7 Å². The highest BCUT2D eigenvalue weighted by Crippen LogP contribution is 2.29. The number of nitrogens with one attached hydrogen (secondary N) is 2. The Balaban J connectivity index is 1.72. The van der Waals surface area contributed by atoms with E-state index in [1.807, 2.05) is 0 Å². The average Bonchev–Trinajstić information content (AvgIpc) is 2.84. The number of anilines is 2. The van der Waals surface area contributed by atoms with Gasteiger partial charge in [-0.05, 0) is 24.7 Å². The fourth-order valence-electron chi connectivity index (χ4n) is 2.96. The lowest BCUT2D eigenvalue weighted by Crippen LogP contribution is -2.21. The zero-order chi connectivity index (χ0) is 13.2. The molecule has 2 heterocycles. The molecule has 0 bridgehead atoms. The van der Waals surface area contributed by atoms with E-state index in [-0.39, 0.29) is 5.95 Å². The van der Waals surface area contributed by atoms with E-state index in [0.717, 1.165) is 29.7 Å². The number of fused-ring (bicyclic) bond motifs is 1. The van der Waals surface area contributed by atoms with Gasteiger partial charge in [-0.25, -0.2) is 4.98 Å². The quantitative estimate of drug-likeness (QED) is 0.786. The summed E-state index contributed by atoms with van der Waals surface area (Å²) in [5.41, 5.74) is 7.15. The van der Waals surface area contributed by atoms with Crippen LogP contribution in [0, 0.1) is 11.8 Å². The maximum atomic E-state index is 5.70. The molecule has 0 radical (unpaired) electrons. The smallest absolute Gasteiger partial charge is 0.224 e. The van der Waals surface area contributed by atoms with Crippen molar-refractivity contribution in [3.05, 3.63) is 6.33 Å². The Hall–Kier alpha value is -1.85. The molecule has 2 unspecified atom stereocenters. The Labute approximate surface area is 112 Å². The van der Waals surface area contributed by atoms with Crippen LogP contribution in [0.3, 0.4) is 0 Å². The van der Waals surface area contributed by atoms with E-state index < -0.39 is 0 Å². The highest BCUT2D eigenvalue weighted by molar-refractivity contribution is 5.83. The zero-order valence-electron chi connectivity index (χ0n) is 11.2.